The van der Waals surface area contributed by atoms with Crippen LogP contribution in [0.1, 0.15) is 102 Å². The third-order valence-corrected chi connectivity index (χ3v) is 11.3. The van der Waals surface area contributed by atoms with Crippen LogP contribution in [-0.2, 0) is 4.79 Å². The molecular weight excluding hydrogens is 464 g/mol. The highest BCUT2D eigenvalue weighted by molar-refractivity contribution is 5.84. The highest BCUT2D eigenvalue weighted by Gasteiger charge is 2.62. The molecule has 0 aromatic carbocycles. The second-order valence-corrected chi connectivity index (χ2v) is 12.9. The molecule has 1 aromatic rings. The van der Waals surface area contributed by atoms with Crippen LogP contribution in [0.2, 0.25) is 0 Å². The maximum Gasteiger partial charge on any atom is 0.335 e. The largest absolute Gasteiger partial charge is 0.431 e. The minimum absolute atomic E-state index is 0.0527. The average Bonchev–Trinajstić information content (AvgIpc) is 3.25. The van der Waals surface area contributed by atoms with E-state index < -0.39 is 6.04 Å². The Morgan fingerprint density at radius 3 is 2.73 bits per heavy atom. The van der Waals surface area contributed by atoms with Crippen LogP contribution in [0.4, 0.5) is 0 Å². The number of Topliss-reactive ketones (excluding diaryl/α,β-unsaturated/α-hetero) is 1. The lowest BCUT2D eigenvalue weighted by Gasteiger charge is -2.61. The van der Waals surface area contributed by atoms with Crippen molar-refractivity contribution in [3.05, 3.63) is 34.4 Å². The fraction of sp³-hybridized carbons (Fsp3) is 0.767. The third-order valence-electron chi connectivity index (χ3n) is 11.3. The van der Waals surface area contributed by atoms with Gasteiger partial charge in [0.25, 0.3) is 0 Å². The fourth-order valence-corrected chi connectivity index (χ4v) is 9.68. The predicted molar refractivity (Wildman–Crippen MR) is 145 cm³/mol. The summed E-state index contributed by atoms with van der Waals surface area (Å²) in [6.07, 6.45) is 16.1. The monoisotopic (exact) mass is 510 g/mol. The first-order chi connectivity index (χ1) is 17.7. The second kappa shape index (κ2) is 10.5. The van der Waals surface area contributed by atoms with Crippen LogP contribution in [0.25, 0.3) is 0 Å². The Morgan fingerprint density at radius 2 is 1.97 bits per heavy atom. The van der Waals surface area contributed by atoms with Crippen LogP contribution in [0.3, 0.4) is 0 Å². The highest BCUT2D eigenvalue weighted by atomic mass is 16.4. The van der Waals surface area contributed by atoms with Gasteiger partial charge in [-0.2, -0.15) is 0 Å². The first-order valence-electron chi connectivity index (χ1n) is 14.7. The van der Waals surface area contributed by atoms with Crippen LogP contribution in [0.5, 0.6) is 0 Å². The van der Waals surface area contributed by atoms with E-state index in [9.17, 15) is 9.59 Å². The molecule has 0 amide bonds. The predicted octanol–water partition coefficient (Wildman–Crippen LogP) is 4.69. The molecule has 4 aliphatic carbocycles. The molecule has 5 rings (SSSR count). The van der Waals surface area contributed by atoms with Gasteiger partial charge in [-0.1, -0.05) is 19.8 Å². The molecule has 7 heteroatoms. The molecule has 0 aliphatic heterocycles. The molecule has 4 aliphatic rings. The fourth-order valence-electron chi connectivity index (χ4n) is 9.68. The first-order valence-corrected chi connectivity index (χ1v) is 14.7. The van der Waals surface area contributed by atoms with E-state index in [1.54, 1.807) is 6.26 Å². The molecule has 0 radical (unpaired) electrons. The van der Waals surface area contributed by atoms with Crippen molar-refractivity contribution in [1.82, 2.24) is 5.32 Å². The van der Waals surface area contributed by atoms with Gasteiger partial charge >= 0.3 is 5.63 Å². The number of hydrogen-bond acceptors (Lipinski definition) is 5. The summed E-state index contributed by atoms with van der Waals surface area (Å²) >= 11 is 0. The summed E-state index contributed by atoms with van der Waals surface area (Å²) in [4.78, 5) is 25.4. The Hall–Kier alpha value is -2.15. The summed E-state index contributed by atoms with van der Waals surface area (Å²) in [5, 5.41) is 10.1. The molecule has 37 heavy (non-hydrogen) atoms. The molecule has 4 saturated carbocycles. The van der Waals surface area contributed by atoms with Crippen molar-refractivity contribution in [1.29, 1.82) is 5.41 Å². The van der Waals surface area contributed by atoms with Crippen LogP contribution in [0.15, 0.2) is 27.6 Å². The number of fused-ring (bicyclic) bond motifs is 5. The Balaban J connectivity index is 1.40. The normalized spacial score (nSPS) is 37.6. The summed E-state index contributed by atoms with van der Waals surface area (Å²) < 4.78 is 5.33. The summed E-state index contributed by atoms with van der Waals surface area (Å²) in [7, 11) is 0. The third kappa shape index (κ3) is 4.88. The Kier molecular flexibility index (Phi) is 7.54. The van der Waals surface area contributed by atoms with Gasteiger partial charge < -0.3 is 21.2 Å². The summed E-state index contributed by atoms with van der Waals surface area (Å²) in [5.41, 5.74) is 12.9. The molecule has 4 fully saturated rings. The maximum absolute atomic E-state index is 13.7. The van der Waals surface area contributed by atoms with Crippen molar-refractivity contribution < 1.29 is 9.21 Å². The van der Waals surface area contributed by atoms with Gasteiger partial charge in [0.15, 0.2) is 5.96 Å². The van der Waals surface area contributed by atoms with Crippen LogP contribution >= 0.6 is 0 Å². The maximum atomic E-state index is 13.7. The van der Waals surface area contributed by atoms with Crippen LogP contribution < -0.4 is 22.4 Å². The first kappa shape index (κ1) is 26.5. The van der Waals surface area contributed by atoms with E-state index in [2.05, 4.69) is 12.2 Å². The van der Waals surface area contributed by atoms with Gasteiger partial charge in [0.2, 0.25) is 0 Å². The molecule has 1 heterocycles. The topological polar surface area (TPSA) is 135 Å². The zero-order chi connectivity index (χ0) is 26.2. The summed E-state index contributed by atoms with van der Waals surface area (Å²) in [6, 6.07) is 2.97. The lowest BCUT2D eigenvalue weighted by Crippen LogP contribution is -2.54. The number of ketones is 1. The van der Waals surface area contributed by atoms with E-state index in [4.69, 9.17) is 21.3 Å². The van der Waals surface area contributed by atoms with Crippen molar-refractivity contribution in [2.75, 3.05) is 6.54 Å². The van der Waals surface area contributed by atoms with E-state index in [0.29, 0.717) is 43.1 Å². The number of hydrogen-bond donors (Lipinski definition) is 4. The lowest BCUT2D eigenvalue weighted by molar-refractivity contribution is -0.133. The number of nitrogens with one attached hydrogen (secondary N) is 2. The average molecular weight is 511 g/mol. The quantitative estimate of drug-likeness (QED) is 0.228. The Morgan fingerprint density at radius 1 is 1.14 bits per heavy atom. The van der Waals surface area contributed by atoms with E-state index in [1.165, 1.54) is 51.0 Å². The van der Waals surface area contributed by atoms with Crippen molar-refractivity contribution in [3.8, 4) is 0 Å². The van der Waals surface area contributed by atoms with E-state index in [1.807, 2.05) is 6.07 Å². The molecule has 1 aromatic heterocycles. The summed E-state index contributed by atoms with van der Waals surface area (Å²) in [5.74, 6) is 3.18. The van der Waals surface area contributed by atoms with Crippen LogP contribution in [-0.4, -0.2) is 24.3 Å². The molecule has 0 spiro atoms. The minimum Gasteiger partial charge on any atom is -0.431 e. The zero-order valence-corrected chi connectivity index (χ0v) is 22.5. The molecular formula is C30H46N4O3. The molecule has 6 N–H and O–H groups in total. The highest BCUT2D eigenvalue weighted by Crippen LogP contribution is 2.70. The SMILES string of the molecule is C[C@]12CCCCC1CC[C@H]1[C@H]3CC[C@H](c4ccc(=O)oc4)[C@@]3(CC(=O)[C@@H](N)CCCNC(=N)N)CC[C@@H]12. The lowest BCUT2D eigenvalue weighted by atomic mass is 9.44. The van der Waals surface area contributed by atoms with E-state index in [0.717, 1.165) is 36.7 Å². The zero-order valence-electron chi connectivity index (χ0n) is 22.5. The second-order valence-electron chi connectivity index (χ2n) is 12.9. The van der Waals surface area contributed by atoms with Gasteiger partial charge in [-0.25, -0.2) is 4.79 Å². The standard InChI is InChI=1S/C30H46N4O3/c1-29-14-3-2-5-20(29)8-9-21-23(29)13-15-30(17-26(35)25(31)6-4-16-34-28(32)33)22(10-11-24(21)30)19-7-12-27(36)37-18-19/h7,12,18,20-25H,2-6,8-11,13-17,31H2,1H3,(H4,32,33,34)/t20?,21-,22-,23+,24-,25+,29+,30+/m1/s1. The number of rotatable bonds is 8. The number of carbonyl (C=O) groups excluding carboxylic acids is 1. The number of guanidine groups is 1. The molecule has 8 atom stereocenters. The van der Waals surface area contributed by atoms with Gasteiger partial charge in [-0.15, -0.1) is 0 Å². The molecule has 0 saturated heterocycles. The van der Waals surface area contributed by atoms with Crippen molar-refractivity contribution in [3.63, 3.8) is 0 Å². The van der Waals surface area contributed by atoms with Crippen LogP contribution in [0, 0.1) is 39.9 Å². The minimum atomic E-state index is -0.497. The van der Waals surface area contributed by atoms with Gasteiger partial charge in [-0.05, 0) is 116 Å². The summed E-state index contributed by atoms with van der Waals surface area (Å²) in [6.45, 7) is 3.15. The van der Waals surface area contributed by atoms with Gasteiger partial charge in [0.05, 0.1) is 12.3 Å². The van der Waals surface area contributed by atoms with E-state index >= 15 is 0 Å². The Bertz CT molecular complexity index is 1040. The van der Waals surface area contributed by atoms with E-state index in [-0.39, 0.29) is 28.7 Å². The van der Waals surface area contributed by atoms with Crippen molar-refractivity contribution in [2.24, 2.45) is 46.0 Å². The van der Waals surface area contributed by atoms with Gasteiger partial charge in [0, 0.05) is 19.0 Å². The van der Waals surface area contributed by atoms with Gasteiger partial charge in [0.1, 0.15) is 5.78 Å². The molecule has 7 nitrogen and oxygen atoms in total. The Labute approximate surface area is 221 Å². The molecule has 1 unspecified atom stereocenters. The molecule has 204 valence electrons. The van der Waals surface area contributed by atoms with Gasteiger partial charge in [-0.3, -0.25) is 10.2 Å². The number of nitrogens with two attached hydrogens (primary N) is 2. The number of carbonyl (C=O) groups is 1. The smallest absolute Gasteiger partial charge is 0.335 e. The van der Waals surface area contributed by atoms with Crippen molar-refractivity contribution in [2.45, 2.75) is 102 Å². The molecule has 0 bridgehead atoms. The van der Waals surface area contributed by atoms with Crippen molar-refractivity contribution >= 4 is 11.7 Å².